The van der Waals surface area contributed by atoms with Crippen LogP contribution in [0.25, 0.3) is 0 Å². The summed E-state index contributed by atoms with van der Waals surface area (Å²) in [5, 5.41) is 10.4. The van der Waals surface area contributed by atoms with Crippen molar-refractivity contribution >= 4 is 28.0 Å². The van der Waals surface area contributed by atoms with E-state index in [9.17, 15) is 14.3 Å². The average Bonchev–Trinajstić information content (AvgIpc) is 2.16. The highest BCUT2D eigenvalue weighted by atomic mass is 35.5. The van der Waals surface area contributed by atoms with Gasteiger partial charge in [-0.05, 0) is 18.5 Å². The number of hydrogen-bond donors (Lipinski definition) is 0. The molecule has 0 spiro atoms. The summed E-state index contributed by atoms with van der Waals surface area (Å²) in [7, 11) is -0.858. The van der Waals surface area contributed by atoms with Gasteiger partial charge in [0, 0.05) is 10.5 Å². The minimum Gasteiger partial charge on any atom is -0.540 e. The van der Waals surface area contributed by atoms with Crippen molar-refractivity contribution in [3.8, 4) is 0 Å². The Morgan fingerprint density at radius 3 is 2.33 bits per heavy atom. The zero-order chi connectivity index (χ0) is 9.46. The number of aromatic carboxylic acids is 1. The van der Waals surface area contributed by atoms with Gasteiger partial charge in [-0.3, -0.25) is 0 Å². The van der Waals surface area contributed by atoms with Gasteiger partial charge in [0.2, 0.25) is 9.21 Å². The number of thiophene rings is 1. The molecule has 12 heavy (non-hydrogen) atoms. The molecule has 1 unspecified atom stereocenters. The van der Waals surface area contributed by atoms with Crippen molar-refractivity contribution in [2.45, 2.75) is 6.92 Å². The van der Waals surface area contributed by atoms with Crippen LogP contribution in [0.2, 0.25) is 4.34 Å². The van der Waals surface area contributed by atoms with Crippen molar-refractivity contribution in [2.24, 2.45) is 6.26 Å². The summed E-state index contributed by atoms with van der Waals surface area (Å²) in [4.78, 5) is 10.1. The number of carboxylic acids is 1. The fourth-order valence-electron chi connectivity index (χ4n) is 0.925. The smallest absolute Gasteiger partial charge is 0.247 e. The molecule has 0 aliphatic carbocycles. The van der Waals surface area contributed by atoms with Crippen molar-refractivity contribution in [1.82, 2.24) is 0 Å². The molecule has 0 saturated heterocycles. The fourth-order valence-corrected chi connectivity index (χ4v) is 2.64. The molecule has 0 aromatic carbocycles. The van der Waals surface area contributed by atoms with Crippen molar-refractivity contribution in [2.75, 3.05) is 0 Å². The Morgan fingerprint density at radius 2 is 2.17 bits per heavy atom. The minimum absolute atomic E-state index is 0.210. The van der Waals surface area contributed by atoms with Gasteiger partial charge >= 0.3 is 0 Å². The molecule has 0 aliphatic rings. The lowest BCUT2D eigenvalue weighted by Gasteiger charge is -1.92. The Labute approximate surface area is 76.6 Å². The zero-order valence-electron chi connectivity index (χ0n) is 6.48. The molecule has 0 saturated carbocycles. The molecule has 0 radical (unpaired) electrons. The van der Waals surface area contributed by atoms with Crippen LogP contribution >= 0.6 is 22.1 Å². The van der Waals surface area contributed by atoms with Crippen LogP contribution in [0.15, 0.2) is 0 Å². The van der Waals surface area contributed by atoms with E-state index in [2.05, 4.69) is 0 Å². The van der Waals surface area contributed by atoms with Gasteiger partial charge in [0.15, 0.2) is 5.82 Å². The van der Waals surface area contributed by atoms with Crippen molar-refractivity contribution < 1.29 is 14.3 Å². The summed E-state index contributed by atoms with van der Waals surface area (Å²) in [5.74, 6) is -2.22. The number of halogens is 2. The standard InChI is InChI=1S/C7H6ClFO2S/c1-3-4(9)5(7(10)11)12(2)6(3)8/h1-2H3. The van der Waals surface area contributed by atoms with Crippen LogP contribution in [0.1, 0.15) is 15.2 Å². The predicted octanol–water partition coefficient (Wildman–Crippen LogP) is 1.44. The van der Waals surface area contributed by atoms with E-state index in [0.29, 0.717) is 0 Å². The van der Waals surface area contributed by atoms with E-state index in [1.807, 2.05) is 0 Å². The molecule has 0 fully saturated rings. The molecule has 1 aromatic heterocycles. The second-order valence-corrected chi connectivity index (χ2v) is 4.78. The highest BCUT2D eigenvalue weighted by molar-refractivity contribution is 7.34. The molecule has 0 N–H and O–H groups in total. The molecule has 0 bridgehead atoms. The first-order valence-corrected chi connectivity index (χ1v) is 5.11. The van der Waals surface area contributed by atoms with Gasteiger partial charge in [0.1, 0.15) is 12.2 Å². The van der Waals surface area contributed by atoms with E-state index in [4.69, 9.17) is 11.6 Å². The number of hydrogen-bond acceptors (Lipinski definition) is 2. The minimum atomic E-state index is -1.48. The maximum Gasteiger partial charge on any atom is 0.247 e. The van der Waals surface area contributed by atoms with E-state index in [-0.39, 0.29) is 14.8 Å². The maximum absolute atomic E-state index is 13.1. The van der Waals surface area contributed by atoms with Crippen LogP contribution in [0.4, 0.5) is 4.39 Å². The number of carboxylic acid groups (broad SMARTS) is 1. The first kappa shape index (κ1) is 9.48. The maximum atomic E-state index is 13.1. The summed E-state index contributed by atoms with van der Waals surface area (Å²) >= 11 is 5.67. The predicted molar refractivity (Wildman–Crippen MR) is 43.9 cm³/mol. The van der Waals surface area contributed by atoms with E-state index >= 15 is 0 Å². The first-order valence-electron chi connectivity index (χ1n) is 3.10. The molecular formula is C7H6ClFO2S. The Bertz CT molecular complexity index is 320. The van der Waals surface area contributed by atoms with Gasteiger partial charge in [0.25, 0.3) is 0 Å². The molecule has 1 aromatic rings. The molecule has 1 atom stereocenters. The van der Waals surface area contributed by atoms with E-state index in [0.717, 1.165) is 0 Å². The monoisotopic (exact) mass is 208 g/mol. The highest BCUT2D eigenvalue weighted by Gasteiger charge is 2.27. The molecule has 5 heteroatoms. The summed E-state index contributed by atoms with van der Waals surface area (Å²) < 4.78 is 13.3. The van der Waals surface area contributed by atoms with Gasteiger partial charge in [-0.2, -0.15) is 0 Å². The second-order valence-electron chi connectivity index (χ2n) is 2.34. The molecule has 2 nitrogen and oxygen atoms in total. The normalized spacial score (nSPS) is 11.8. The lowest BCUT2D eigenvalue weighted by molar-refractivity contribution is -0.254. The van der Waals surface area contributed by atoms with Gasteiger partial charge in [-0.1, -0.05) is 0 Å². The average molecular weight is 209 g/mol. The van der Waals surface area contributed by atoms with Crippen LogP contribution < -0.4 is 5.11 Å². The van der Waals surface area contributed by atoms with E-state index in [1.54, 1.807) is 6.26 Å². The van der Waals surface area contributed by atoms with Gasteiger partial charge in [0.05, 0.1) is 5.56 Å². The Kier molecular flexibility index (Phi) is 2.39. The topological polar surface area (TPSA) is 40.1 Å². The summed E-state index contributed by atoms with van der Waals surface area (Å²) in [6.07, 6.45) is 1.56. The van der Waals surface area contributed by atoms with Crippen LogP contribution in [-0.2, 0) is 6.26 Å². The second kappa shape index (κ2) is 3.03. The first-order chi connectivity index (χ1) is 5.46. The number of carbonyl (C=O) groups excluding carboxylic acids is 1. The third-order valence-electron chi connectivity index (χ3n) is 1.58. The Morgan fingerprint density at radius 1 is 1.67 bits per heavy atom. The van der Waals surface area contributed by atoms with E-state index in [1.165, 1.54) is 6.92 Å². The van der Waals surface area contributed by atoms with Crippen LogP contribution in [0, 0.1) is 12.7 Å². The molecule has 0 aliphatic heterocycles. The van der Waals surface area contributed by atoms with Crippen LogP contribution in [0.5, 0.6) is 0 Å². The van der Waals surface area contributed by atoms with Gasteiger partial charge < -0.3 is 9.90 Å². The zero-order valence-corrected chi connectivity index (χ0v) is 8.05. The van der Waals surface area contributed by atoms with Crippen LogP contribution in [0.3, 0.4) is 0 Å². The summed E-state index contributed by atoms with van der Waals surface area (Å²) in [6, 6.07) is 0. The molecule has 0 amide bonds. The van der Waals surface area contributed by atoms with Crippen molar-refractivity contribution in [1.29, 1.82) is 0 Å². The molecule has 1 rings (SSSR count). The van der Waals surface area contributed by atoms with Gasteiger partial charge in [-0.15, -0.1) is 0 Å². The van der Waals surface area contributed by atoms with Gasteiger partial charge in [-0.25, -0.2) is 4.39 Å². The summed E-state index contributed by atoms with van der Waals surface area (Å²) in [5.41, 5.74) is 0.210. The third kappa shape index (κ3) is 1.21. The molecule has 1 heterocycles. The van der Waals surface area contributed by atoms with E-state index < -0.39 is 22.3 Å². The van der Waals surface area contributed by atoms with Crippen molar-refractivity contribution in [3.63, 3.8) is 0 Å². The fraction of sp³-hybridized carbons (Fsp3) is 0.286. The quantitative estimate of drug-likeness (QED) is 0.656. The Balaban J connectivity index is 3.48. The van der Waals surface area contributed by atoms with Crippen LogP contribution in [-0.4, -0.2) is 5.97 Å². The molecular weight excluding hydrogens is 203 g/mol. The molecule has 66 valence electrons. The lowest BCUT2D eigenvalue weighted by atomic mass is 10.3. The highest BCUT2D eigenvalue weighted by Crippen LogP contribution is 2.38. The number of carbonyl (C=O) groups is 1. The van der Waals surface area contributed by atoms with Crippen molar-refractivity contribution in [3.05, 3.63) is 20.6 Å². The third-order valence-corrected chi connectivity index (χ3v) is 4.36. The SMILES string of the molecule is Cc1c(F)c(C(=O)[O-])[s+](C)c1Cl. The summed E-state index contributed by atoms with van der Waals surface area (Å²) in [6.45, 7) is 1.46. The lowest BCUT2D eigenvalue weighted by Crippen LogP contribution is -2.22. The largest absolute Gasteiger partial charge is 0.540 e. The number of rotatable bonds is 1. The Hall–Kier alpha value is -0.610.